The first-order valence-electron chi connectivity index (χ1n) is 9.76. The van der Waals surface area contributed by atoms with Crippen LogP contribution in [-0.2, 0) is 24.2 Å². The third-order valence-electron chi connectivity index (χ3n) is 5.66. The molecule has 1 amide bonds. The van der Waals surface area contributed by atoms with Crippen molar-refractivity contribution in [2.24, 2.45) is 11.3 Å². The van der Waals surface area contributed by atoms with Gasteiger partial charge in [-0.2, -0.15) is 0 Å². The number of anilines is 1. The molecule has 0 spiro atoms. The van der Waals surface area contributed by atoms with Gasteiger partial charge in [0.2, 0.25) is 5.91 Å². The van der Waals surface area contributed by atoms with Crippen molar-refractivity contribution in [2.45, 2.75) is 46.6 Å². The summed E-state index contributed by atoms with van der Waals surface area (Å²) in [5, 5.41) is 12.3. The standard InChI is InChI=1S/C21H22Cl2N4O2S/c1-21(2,3)11-4-6-13-16(8-11)30-19-18(13)20(29)27(26-25-19)10-17(28)24-15-9-12(22)5-7-14(15)23/h5,7,9,11H,4,6,8,10H2,1-3H3,(H,24,28). The number of carbonyl (C=O) groups excluding carboxylic acids is 1. The quantitative estimate of drug-likeness (QED) is 0.594. The van der Waals surface area contributed by atoms with Crippen molar-refractivity contribution >= 4 is 56.3 Å². The van der Waals surface area contributed by atoms with E-state index in [1.54, 1.807) is 29.5 Å². The predicted molar refractivity (Wildman–Crippen MR) is 122 cm³/mol. The second-order valence-corrected chi connectivity index (χ2v) is 10.6. The van der Waals surface area contributed by atoms with Crippen LogP contribution in [0.2, 0.25) is 10.0 Å². The number of nitrogens with one attached hydrogen (secondary N) is 1. The van der Waals surface area contributed by atoms with Gasteiger partial charge >= 0.3 is 0 Å². The minimum absolute atomic E-state index is 0.222. The second-order valence-electron chi connectivity index (χ2n) is 8.71. The lowest BCUT2D eigenvalue weighted by atomic mass is 9.72. The van der Waals surface area contributed by atoms with E-state index in [1.165, 1.54) is 4.88 Å². The summed E-state index contributed by atoms with van der Waals surface area (Å²) in [6.45, 7) is 6.52. The van der Waals surface area contributed by atoms with Crippen molar-refractivity contribution in [3.05, 3.63) is 49.0 Å². The molecule has 1 aromatic carbocycles. The number of carbonyl (C=O) groups is 1. The first kappa shape index (κ1) is 21.3. The van der Waals surface area contributed by atoms with Crippen molar-refractivity contribution in [1.82, 2.24) is 15.0 Å². The number of nitrogens with zero attached hydrogens (tertiary/aromatic N) is 3. The summed E-state index contributed by atoms with van der Waals surface area (Å²) < 4.78 is 1.11. The van der Waals surface area contributed by atoms with Gasteiger partial charge in [0, 0.05) is 9.90 Å². The molecule has 0 saturated carbocycles. The zero-order chi connectivity index (χ0) is 21.6. The average molecular weight is 465 g/mol. The van der Waals surface area contributed by atoms with Crippen LogP contribution in [0.25, 0.3) is 10.2 Å². The summed E-state index contributed by atoms with van der Waals surface area (Å²) in [5.74, 6) is 0.147. The van der Waals surface area contributed by atoms with Gasteiger partial charge in [-0.1, -0.05) is 49.2 Å². The van der Waals surface area contributed by atoms with Gasteiger partial charge in [0.1, 0.15) is 6.54 Å². The molecule has 6 nitrogen and oxygen atoms in total. The molecule has 30 heavy (non-hydrogen) atoms. The van der Waals surface area contributed by atoms with Gasteiger partial charge in [-0.3, -0.25) is 9.59 Å². The van der Waals surface area contributed by atoms with Crippen LogP contribution in [0.4, 0.5) is 5.69 Å². The Labute approximate surface area is 188 Å². The first-order valence-corrected chi connectivity index (χ1v) is 11.3. The van der Waals surface area contributed by atoms with E-state index in [4.69, 9.17) is 23.2 Å². The molecule has 0 aliphatic heterocycles. The van der Waals surface area contributed by atoms with Crippen molar-refractivity contribution in [3.63, 3.8) is 0 Å². The molecule has 0 fully saturated rings. The van der Waals surface area contributed by atoms with E-state index in [0.717, 1.165) is 29.5 Å². The number of aromatic nitrogens is 3. The number of benzene rings is 1. The fraction of sp³-hybridized carbons (Fsp3) is 0.429. The largest absolute Gasteiger partial charge is 0.323 e. The van der Waals surface area contributed by atoms with E-state index < -0.39 is 5.91 Å². The number of halogens is 2. The van der Waals surface area contributed by atoms with Crippen LogP contribution in [0.5, 0.6) is 0 Å². The van der Waals surface area contributed by atoms with Crippen molar-refractivity contribution in [1.29, 1.82) is 0 Å². The third kappa shape index (κ3) is 4.11. The SMILES string of the molecule is CC(C)(C)C1CCc2c(sc3nnn(CC(=O)Nc4cc(Cl)ccc4Cl)c(=O)c23)C1. The van der Waals surface area contributed by atoms with E-state index in [-0.39, 0.29) is 17.5 Å². The highest BCUT2D eigenvalue weighted by atomic mass is 35.5. The van der Waals surface area contributed by atoms with Gasteiger partial charge in [0.15, 0.2) is 4.83 Å². The molecular weight excluding hydrogens is 443 g/mol. The molecule has 0 radical (unpaired) electrons. The minimum Gasteiger partial charge on any atom is -0.323 e. The van der Waals surface area contributed by atoms with Gasteiger partial charge in [-0.15, -0.1) is 16.4 Å². The number of thiophene rings is 1. The number of fused-ring (bicyclic) bond motifs is 3. The summed E-state index contributed by atoms with van der Waals surface area (Å²) in [4.78, 5) is 27.4. The molecule has 0 bridgehead atoms. The minimum atomic E-state index is -0.424. The van der Waals surface area contributed by atoms with E-state index >= 15 is 0 Å². The Morgan fingerprint density at radius 1 is 1.33 bits per heavy atom. The molecular formula is C21H22Cl2N4O2S. The van der Waals surface area contributed by atoms with Crippen molar-refractivity contribution in [3.8, 4) is 0 Å². The highest BCUT2D eigenvalue weighted by Crippen LogP contribution is 2.41. The summed E-state index contributed by atoms with van der Waals surface area (Å²) >= 11 is 13.6. The molecule has 4 rings (SSSR count). The van der Waals surface area contributed by atoms with E-state index in [9.17, 15) is 9.59 Å². The Balaban J connectivity index is 1.61. The number of amides is 1. The maximum atomic E-state index is 13.1. The van der Waals surface area contributed by atoms with Crippen LogP contribution < -0.4 is 10.9 Å². The summed E-state index contributed by atoms with van der Waals surface area (Å²) in [6.07, 6.45) is 2.84. The van der Waals surface area contributed by atoms with E-state index in [0.29, 0.717) is 31.9 Å². The average Bonchev–Trinajstić information content (AvgIpc) is 3.04. The number of aryl methyl sites for hydroxylation is 1. The molecule has 9 heteroatoms. The van der Waals surface area contributed by atoms with Crippen LogP contribution in [-0.4, -0.2) is 20.9 Å². The lowest BCUT2D eigenvalue weighted by molar-refractivity contribution is -0.117. The molecule has 0 saturated heterocycles. The smallest absolute Gasteiger partial charge is 0.279 e. The Bertz CT molecular complexity index is 1200. The summed E-state index contributed by atoms with van der Waals surface area (Å²) in [5.41, 5.74) is 1.40. The fourth-order valence-corrected chi connectivity index (χ4v) is 5.46. The first-order chi connectivity index (χ1) is 14.1. The van der Waals surface area contributed by atoms with Crippen LogP contribution in [0.1, 0.15) is 37.6 Å². The Hall–Kier alpha value is -1.96. The molecule has 3 aromatic rings. The zero-order valence-corrected chi connectivity index (χ0v) is 19.3. The Morgan fingerprint density at radius 3 is 2.83 bits per heavy atom. The molecule has 2 aromatic heterocycles. The second kappa shape index (κ2) is 7.94. The Morgan fingerprint density at radius 2 is 2.10 bits per heavy atom. The Kier molecular flexibility index (Phi) is 5.64. The lowest BCUT2D eigenvalue weighted by Crippen LogP contribution is -2.31. The van der Waals surface area contributed by atoms with Crippen LogP contribution in [0, 0.1) is 11.3 Å². The van der Waals surface area contributed by atoms with Gasteiger partial charge in [0.05, 0.1) is 16.1 Å². The monoisotopic (exact) mass is 464 g/mol. The molecule has 1 unspecified atom stereocenters. The van der Waals surface area contributed by atoms with Gasteiger partial charge < -0.3 is 5.32 Å². The van der Waals surface area contributed by atoms with Gasteiger partial charge in [0.25, 0.3) is 5.56 Å². The molecule has 158 valence electrons. The third-order valence-corrected chi connectivity index (χ3v) is 7.36. The van der Waals surface area contributed by atoms with E-state index in [1.807, 2.05) is 0 Å². The van der Waals surface area contributed by atoms with Gasteiger partial charge in [-0.05, 0) is 54.4 Å². The fourth-order valence-electron chi connectivity index (χ4n) is 3.89. The number of rotatable bonds is 3. The molecule has 1 N–H and O–H groups in total. The maximum absolute atomic E-state index is 13.1. The molecule has 1 aliphatic rings. The lowest BCUT2D eigenvalue weighted by Gasteiger charge is -2.33. The van der Waals surface area contributed by atoms with Gasteiger partial charge in [-0.25, -0.2) is 4.68 Å². The highest BCUT2D eigenvalue weighted by Gasteiger charge is 2.32. The summed E-state index contributed by atoms with van der Waals surface area (Å²) in [6, 6.07) is 4.79. The zero-order valence-electron chi connectivity index (χ0n) is 17.0. The number of hydrogen-bond acceptors (Lipinski definition) is 5. The molecule has 1 aliphatic carbocycles. The van der Waals surface area contributed by atoms with E-state index in [2.05, 4.69) is 36.4 Å². The highest BCUT2D eigenvalue weighted by molar-refractivity contribution is 7.18. The predicted octanol–water partition coefficient (Wildman–Crippen LogP) is 4.95. The van der Waals surface area contributed by atoms with Crippen LogP contribution in [0.3, 0.4) is 0 Å². The van der Waals surface area contributed by atoms with Crippen molar-refractivity contribution < 1.29 is 4.79 Å². The maximum Gasteiger partial charge on any atom is 0.279 e. The molecule has 2 heterocycles. The van der Waals surface area contributed by atoms with Crippen molar-refractivity contribution in [2.75, 3.05) is 5.32 Å². The topological polar surface area (TPSA) is 76.9 Å². The number of hydrogen-bond donors (Lipinski definition) is 1. The normalized spacial score (nSPS) is 16.5. The van der Waals surface area contributed by atoms with Crippen LogP contribution in [0.15, 0.2) is 23.0 Å². The molecule has 1 atom stereocenters. The summed E-state index contributed by atoms with van der Waals surface area (Å²) in [7, 11) is 0. The van der Waals surface area contributed by atoms with Crippen LogP contribution >= 0.6 is 34.5 Å².